The number of carbonyl (C=O) groups is 1. The first-order chi connectivity index (χ1) is 8.22. The van der Waals surface area contributed by atoms with Crippen molar-refractivity contribution >= 4 is 11.6 Å². The van der Waals surface area contributed by atoms with Crippen molar-refractivity contribution in [1.29, 1.82) is 0 Å². The summed E-state index contributed by atoms with van der Waals surface area (Å²) in [6.45, 7) is 2.55. The van der Waals surface area contributed by atoms with Gasteiger partial charge in [-0.1, -0.05) is 31.5 Å². The SMILES string of the molecule is CCCC(O)CNC(=O)CNc1ccccc1. The maximum absolute atomic E-state index is 11.4. The van der Waals surface area contributed by atoms with Gasteiger partial charge in [-0.05, 0) is 18.6 Å². The second kappa shape index (κ2) is 7.68. The smallest absolute Gasteiger partial charge is 0.239 e. The number of hydrogen-bond donors (Lipinski definition) is 3. The zero-order chi connectivity index (χ0) is 12.5. The lowest BCUT2D eigenvalue weighted by Gasteiger charge is -2.11. The number of nitrogens with one attached hydrogen (secondary N) is 2. The van der Waals surface area contributed by atoms with E-state index in [-0.39, 0.29) is 12.5 Å². The van der Waals surface area contributed by atoms with E-state index in [0.29, 0.717) is 13.0 Å². The zero-order valence-electron chi connectivity index (χ0n) is 10.1. The van der Waals surface area contributed by atoms with Crippen molar-refractivity contribution in [3.63, 3.8) is 0 Å². The van der Waals surface area contributed by atoms with Gasteiger partial charge in [0, 0.05) is 12.2 Å². The number of benzene rings is 1. The Hall–Kier alpha value is -1.55. The Balaban J connectivity index is 2.17. The Morgan fingerprint density at radius 3 is 2.71 bits per heavy atom. The van der Waals surface area contributed by atoms with Gasteiger partial charge in [0.1, 0.15) is 0 Å². The van der Waals surface area contributed by atoms with Gasteiger partial charge in [0.05, 0.1) is 12.6 Å². The van der Waals surface area contributed by atoms with E-state index in [1.54, 1.807) is 0 Å². The molecule has 0 radical (unpaired) electrons. The van der Waals surface area contributed by atoms with Gasteiger partial charge in [0.15, 0.2) is 0 Å². The van der Waals surface area contributed by atoms with Gasteiger partial charge in [-0.15, -0.1) is 0 Å². The molecule has 4 heteroatoms. The van der Waals surface area contributed by atoms with Crippen LogP contribution in [-0.2, 0) is 4.79 Å². The molecule has 1 aromatic rings. The van der Waals surface area contributed by atoms with Gasteiger partial charge in [0.25, 0.3) is 0 Å². The van der Waals surface area contributed by atoms with Crippen LogP contribution >= 0.6 is 0 Å². The Morgan fingerprint density at radius 1 is 1.35 bits per heavy atom. The third-order valence-corrected chi connectivity index (χ3v) is 2.38. The molecule has 0 saturated carbocycles. The summed E-state index contributed by atoms with van der Waals surface area (Å²) in [6.07, 6.45) is 1.19. The van der Waals surface area contributed by atoms with E-state index in [9.17, 15) is 9.90 Å². The number of aliphatic hydroxyl groups is 1. The fourth-order valence-corrected chi connectivity index (χ4v) is 1.47. The van der Waals surface area contributed by atoms with Crippen LogP contribution in [0.5, 0.6) is 0 Å². The Labute approximate surface area is 102 Å². The van der Waals surface area contributed by atoms with E-state index in [4.69, 9.17) is 0 Å². The molecule has 0 saturated heterocycles. The molecule has 0 aliphatic rings. The molecule has 17 heavy (non-hydrogen) atoms. The average Bonchev–Trinajstić information content (AvgIpc) is 2.35. The topological polar surface area (TPSA) is 61.4 Å². The normalized spacial score (nSPS) is 11.9. The lowest BCUT2D eigenvalue weighted by Crippen LogP contribution is -2.35. The van der Waals surface area contributed by atoms with Gasteiger partial charge in [-0.3, -0.25) is 4.79 Å². The van der Waals surface area contributed by atoms with Crippen LogP contribution in [0.4, 0.5) is 5.69 Å². The molecule has 3 N–H and O–H groups in total. The van der Waals surface area contributed by atoms with Gasteiger partial charge >= 0.3 is 0 Å². The molecule has 94 valence electrons. The fraction of sp³-hybridized carbons (Fsp3) is 0.462. The third-order valence-electron chi connectivity index (χ3n) is 2.38. The van der Waals surface area contributed by atoms with Gasteiger partial charge < -0.3 is 15.7 Å². The van der Waals surface area contributed by atoms with Crippen LogP contribution in [0.15, 0.2) is 30.3 Å². The van der Waals surface area contributed by atoms with Crippen LogP contribution in [0.2, 0.25) is 0 Å². The molecule has 0 heterocycles. The maximum Gasteiger partial charge on any atom is 0.239 e. The van der Waals surface area contributed by atoms with E-state index >= 15 is 0 Å². The van der Waals surface area contributed by atoms with Crippen LogP contribution in [0, 0.1) is 0 Å². The minimum absolute atomic E-state index is 0.107. The first kappa shape index (κ1) is 13.5. The number of rotatable bonds is 7. The summed E-state index contributed by atoms with van der Waals surface area (Å²) in [6, 6.07) is 9.54. The van der Waals surface area contributed by atoms with E-state index in [1.165, 1.54) is 0 Å². The summed E-state index contributed by atoms with van der Waals surface area (Å²) in [5.74, 6) is -0.107. The van der Waals surface area contributed by atoms with Gasteiger partial charge in [-0.2, -0.15) is 0 Å². The van der Waals surface area contributed by atoms with Gasteiger partial charge in [0.2, 0.25) is 5.91 Å². The van der Waals surface area contributed by atoms with Crippen molar-refractivity contribution in [2.45, 2.75) is 25.9 Å². The van der Waals surface area contributed by atoms with E-state index in [0.717, 1.165) is 12.1 Å². The summed E-state index contributed by atoms with van der Waals surface area (Å²) in [7, 11) is 0. The quantitative estimate of drug-likeness (QED) is 0.670. The summed E-state index contributed by atoms with van der Waals surface area (Å²) in [5, 5.41) is 15.1. The Kier molecular flexibility index (Phi) is 6.10. The van der Waals surface area contributed by atoms with E-state index in [1.807, 2.05) is 37.3 Å². The minimum Gasteiger partial charge on any atom is -0.391 e. The van der Waals surface area contributed by atoms with Crippen molar-refractivity contribution in [2.24, 2.45) is 0 Å². The largest absolute Gasteiger partial charge is 0.391 e. The summed E-state index contributed by atoms with van der Waals surface area (Å²) >= 11 is 0. The standard InChI is InChI=1S/C13H20N2O2/c1-2-6-12(16)9-15-13(17)10-14-11-7-4-3-5-8-11/h3-5,7-8,12,14,16H,2,6,9-10H2,1H3,(H,15,17). The molecule has 1 rings (SSSR count). The fourth-order valence-electron chi connectivity index (χ4n) is 1.47. The Morgan fingerprint density at radius 2 is 2.06 bits per heavy atom. The number of carbonyl (C=O) groups excluding carboxylic acids is 1. The van der Waals surface area contributed by atoms with Crippen molar-refractivity contribution < 1.29 is 9.90 Å². The van der Waals surface area contributed by atoms with Crippen LogP contribution < -0.4 is 10.6 Å². The molecule has 1 amide bonds. The molecule has 0 fully saturated rings. The molecule has 1 aromatic carbocycles. The highest BCUT2D eigenvalue weighted by Gasteiger charge is 2.05. The summed E-state index contributed by atoms with van der Waals surface area (Å²) in [4.78, 5) is 11.4. The number of amides is 1. The number of hydrogen-bond acceptors (Lipinski definition) is 3. The monoisotopic (exact) mass is 236 g/mol. The van der Waals surface area contributed by atoms with Crippen molar-refractivity contribution in [3.05, 3.63) is 30.3 Å². The third kappa shape index (κ3) is 5.92. The maximum atomic E-state index is 11.4. The number of para-hydroxylation sites is 1. The second-order valence-corrected chi connectivity index (χ2v) is 3.97. The minimum atomic E-state index is -0.444. The molecule has 4 nitrogen and oxygen atoms in total. The zero-order valence-corrected chi connectivity index (χ0v) is 10.1. The summed E-state index contributed by atoms with van der Waals surface area (Å²) < 4.78 is 0. The molecule has 0 aliphatic carbocycles. The van der Waals surface area contributed by atoms with Crippen LogP contribution in [0.25, 0.3) is 0 Å². The molecule has 1 atom stereocenters. The summed E-state index contributed by atoms with van der Waals surface area (Å²) in [5.41, 5.74) is 0.914. The first-order valence-corrected chi connectivity index (χ1v) is 5.96. The van der Waals surface area contributed by atoms with Crippen LogP contribution in [0.1, 0.15) is 19.8 Å². The van der Waals surface area contributed by atoms with Crippen LogP contribution in [-0.4, -0.2) is 30.2 Å². The molecule has 0 bridgehead atoms. The van der Waals surface area contributed by atoms with Crippen molar-refractivity contribution in [1.82, 2.24) is 5.32 Å². The van der Waals surface area contributed by atoms with Crippen molar-refractivity contribution in [2.75, 3.05) is 18.4 Å². The average molecular weight is 236 g/mol. The van der Waals surface area contributed by atoms with Gasteiger partial charge in [-0.25, -0.2) is 0 Å². The molecule has 0 spiro atoms. The number of aliphatic hydroxyl groups excluding tert-OH is 1. The highest BCUT2D eigenvalue weighted by atomic mass is 16.3. The molecule has 1 unspecified atom stereocenters. The lowest BCUT2D eigenvalue weighted by atomic mass is 10.2. The van der Waals surface area contributed by atoms with E-state index < -0.39 is 6.10 Å². The van der Waals surface area contributed by atoms with Crippen molar-refractivity contribution in [3.8, 4) is 0 Å². The van der Waals surface area contributed by atoms with Crippen LogP contribution in [0.3, 0.4) is 0 Å². The lowest BCUT2D eigenvalue weighted by molar-refractivity contribution is -0.119. The molecule has 0 aromatic heterocycles. The highest BCUT2D eigenvalue weighted by molar-refractivity contribution is 5.80. The predicted octanol–water partition coefficient (Wildman–Crippen LogP) is 1.38. The van der Waals surface area contributed by atoms with E-state index in [2.05, 4.69) is 10.6 Å². The Bertz CT molecular complexity index is 327. The molecular formula is C13H20N2O2. The second-order valence-electron chi connectivity index (χ2n) is 3.97. The first-order valence-electron chi connectivity index (χ1n) is 5.96. The predicted molar refractivity (Wildman–Crippen MR) is 68.9 cm³/mol. The molecule has 0 aliphatic heterocycles. The highest BCUT2D eigenvalue weighted by Crippen LogP contribution is 2.03. The molecular weight excluding hydrogens is 216 g/mol. The number of anilines is 1.